The van der Waals surface area contributed by atoms with Crippen molar-refractivity contribution in [3.63, 3.8) is 0 Å². The molecule has 0 aliphatic carbocycles. The molecule has 0 bridgehead atoms. The Balaban J connectivity index is 1.26. The Morgan fingerprint density at radius 1 is 1.08 bits per heavy atom. The van der Waals surface area contributed by atoms with Crippen molar-refractivity contribution < 1.29 is 9.90 Å². The predicted molar refractivity (Wildman–Crippen MR) is 157 cm³/mol. The minimum atomic E-state index is -0.747. The Labute approximate surface area is 234 Å². The lowest BCUT2D eigenvalue weighted by Crippen LogP contribution is -2.32. The Hall–Kier alpha value is -3.16. The number of thiophene rings is 1. The molecule has 0 fully saturated rings. The van der Waals surface area contributed by atoms with Crippen molar-refractivity contribution in [3.8, 4) is 0 Å². The maximum Gasteiger partial charge on any atom is 0.304 e. The van der Waals surface area contributed by atoms with Gasteiger partial charge in [0.05, 0.1) is 21.8 Å². The standard InChI is InChI=1S/C30H25Cl2N3O2S/c31-28-29-26(38-30(28)32)11-10-21(33-29)9-8-19-4-3-5-20(16-19)17-35-24-7-2-1-6-22(24)23-18-34(14-12-25(23)35)15-13-27(36)37/h1-11,16H,12-15,17-18H2,(H,36,37)/b9-8+. The molecule has 1 aliphatic heterocycles. The maximum absolute atomic E-state index is 11.1. The fourth-order valence-corrected chi connectivity index (χ4v) is 6.68. The Morgan fingerprint density at radius 3 is 2.82 bits per heavy atom. The van der Waals surface area contributed by atoms with E-state index >= 15 is 0 Å². The number of carbonyl (C=O) groups is 1. The molecule has 1 N–H and O–H groups in total. The van der Waals surface area contributed by atoms with E-state index in [2.05, 4.69) is 69.1 Å². The third-order valence-corrected chi connectivity index (χ3v) is 9.01. The van der Waals surface area contributed by atoms with Crippen molar-refractivity contribution in [2.24, 2.45) is 0 Å². The summed E-state index contributed by atoms with van der Waals surface area (Å²) in [5, 5.41) is 10.9. The highest BCUT2D eigenvalue weighted by molar-refractivity contribution is 7.23. The fraction of sp³-hybridized carbons (Fsp3) is 0.200. The van der Waals surface area contributed by atoms with Crippen molar-refractivity contribution in [2.75, 3.05) is 13.1 Å². The lowest BCUT2D eigenvalue weighted by molar-refractivity contribution is -0.137. The number of rotatable bonds is 7. The second-order valence-corrected chi connectivity index (χ2v) is 11.6. The van der Waals surface area contributed by atoms with E-state index in [-0.39, 0.29) is 6.42 Å². The SMILES string of the molecule is O=C(O)CCN1CCc2c(c3ccccc3n2Cc2cccc(/C=C/c3ccc4sc(Cl)c(Cl)c4n3)c2)C1. The molecule has 1 aliphatic rings. The number of halogens is 2. The number of hydrogen-bond acceptors (Lipinski definition) is 4. The summed E-state index contributed by atoms with van der Waals surface area (Å²) in [5.41, 5.74) is 7.79. The van der Waals surface area contributed by atoms with E-state index in [0.29, 0.717) is 15.9 Å². The van der Waals surface area contributed by atoms with Crippen LogP contribution in [0.4, 0.5) is 0 Å². The average Bonchev–Trinajstić information content (AvgIpc) is 3.39. The first-order chi connectivity index (χ1) is 18.5. The lowest BCUT2D eigenvalue weighted by atomic mass is 10.0. The van der Waals surface area contributed by atoms with Gasteiger partial charge in [-0.3, -0.25) is 9.69 Å². The van der Waals surface area contributed by atoms with Crippen LogP contribution < -0.4 is 0 Å². The first-order valence-electron chi connectivity index (χ1n) is 12.5. The highest BCUT2D eigenvalue weighted by Crippen LogP contribution is 2.38. The van der Waals surface area contributed by atoms with Gasteiger partial charge in [0.2, 0.25) is 0 Å². The second kappa shape index (κ2) is 10.5. The number of carboxylic acids is 1. The molecule has 0 unspecified atom stereocenters. The van der Waals surface area contributed by atoms with Crippen LogP contribution in [0.25, 0.3) is 33.3 Å². The summed E-state index contributed by atoms with van der Waals surface area (Å²) in [6.07, 6.45) is 5.15. The fourth-order valence-electron chi connectivity index (χ4n) is 5.27. The van der Waals surface area contributed by atoms with Crippen molar-refractivity contribution in [1.29, 1.82) is 0 Å². The summed E-state index contributed by atoms with van der Waals surface area (Å²) in [6, 6.07) is 21.1. The normalized spacial score (nSPS) is 14.1. The minimum absolute atomic E-state index is 0.172. The van der Waals surface area contributed by atoms with Gasteiger partial charge >= 0.3 is 5.97 Å². The highest BCUT2D eigenvalue weighted by atomic mass is 35.5. The van der Waals surface area contributed by atoms with Gasteiger partial charge in [0.25, 0.3) is 0 Å². The molecule has 2 aromatic carbocycles. The molecule has 192 valence electrons. The molecule has 3 aromatic heterocycles. The molecule has 0 amide bonds. The minimum Gasteiger partial charge on any atom is -0.481 e. The van der Waals surface area contributed by atoms with Crippen molar-refractivity contribution in [3.05, 3.63) is 98.1 Å². The molecule has 0 saturated heterocycles. The third kappa shape index (κ3) is 4.97. The molecule has 6 rings (SSSR count). The summed E-state index contributed by atoms with van der Waals surface area (Å²) in [6.45, 7) is 3.02. The van der Waals surface area contributed by atoms with E-state index in [9.17, 15) is 4.79 Å². The maximum atomic E-state index is 11.1. The Kier molecular flexibility index (Phi) is 6.97. The molecule has 0 atom stereocenters. The largest absolute Gasteiger partial charge is 0.481 e. The second-order valence-electron chi connectivity index (χ2n) is 9.55. The smallest absolute Gasteiger partial charge is 0.304 e. The van der Waals surface area contributed by atoms with Gasteiger partial charge in [-0.15, -0.1) is 11.3 Å². The van der Waals surface area contributed by atoms with Crippen LogP contribution in [-0.4, -0.2) is 38.6 Å². The molecule has 5 nitrogen and oxygen atoms in total. The quantitative estimate of drug-likeness (QED) is 0.222. The van der Waals surface area contributed by atoms with E-state index in [1.807, 2.05) is 18.2 Å². The number of carboxylic acid groups (broad SMARTS) is 1. The molecular weight excluding hydrogens is 537 g/mol. The number of nitrogens with zero attached hydrogens (tertiary/aromatic N) is 3. The zero-order chi connectivity index (χ0) is 26.2. The molecule has 38 heavy (non-hydrogen) atoms. The summed E-state index contributed by atoms with van der Waals surface area (Å²) in [4.78, 5) is 18.0. The van der Waals surface area contributed by atoms with Crippen molar-refractivity contribution >= 4 is 73.8 Å². The van der Waals surface area contributed by atoms with E-state index in [0.717, 1.165) is 47.5 Å². The monoisotopic (exact) mass is 561 g/mol. The van der Waals surface area contributed by atoms with E-state index in [4.69, 9.17) is 28.3 Å². The van der Waals surface area contributed by atoms with Crippen LogP contribution in [-0.2, 0) is 24.3 Å². The number of benzene rings is 2. The van der Waals surface area contributed by atoms with Gasteiger partial charge in [-0.2, -0.15) is 0 Å². The molecule has 0 spiro atoms. The van der Waals surface area contributed by atoms with Gasteiger partial charge in [0, 0.05) is 49.2 Å². The van der Waals surface area contributed by atoms with Crippen LogP contribution in [0.15, 0.2) is 60.7 Å². The average molecular weight is 563 g/mol. The lowest BCUT2D eigenvalue weighted by Gasteiger charge is -2.27. The molecule has 5 aromatic rings. The number of para-hydroxylation sites is 1. The summed E-state index contributed by atoms with van der Waals surface area (Å²) in [5.74, 6) is -0.747. The van der Waals surface area contributed by atoms with Crippen LogP contribution in [0.2, 0.25) is 9.36 Å². The van der Waals surface area contributed by atoms with Gasteiger partial charge < -0.3 is 9.67 Å². The first-order valence-corrected chi connectivity index (χ1v) is 14.1. The topological polar surface area (TPSA) is 58.4 Å². The third-order valence-electron chi connectivity index (χ3n) is 7.08. The molecule has 8 heteroatoms. The van der Waals surface area contributed by atoms with E-state index in [1.165, 1.54) is 39.1 Å². The van der Waals surface area contributed by atoms with Crippen LogP contribution in [0.1, 0.15) is 34.5 Å². The van der Waals surface area contributed by atoms with Crippen molar-refractivity contribution in [2.45, 2.75) is 25.9 Å². The molecule has 0 saturated carbocycles. The summed E-state index contributed by atoms with van der Waals surface area (Å²) in [7, 11) is 0. The number of aromatic nitrogens is 2. The predicted octanol–water partition coefficient (Wildman–Crippen LogP) is 7.61. The highest BCUT2D eigenvalue weighted by Gasteiger charge is 2.24. The first kappa shape index (κ1) is 25.1. The van der Waals surface area contributed by atoms with Gasteiger partial charge in [-0.1, -0.05) is 65.7 Å². The Morgan fingerprint density at radius 2 is 1.95 bits per heavy atom. The number of fused-ring (bicyclic) bond motifs is 4. The van der Waals surface area contributed by atoms with Crippen molar-refractivity contribution in [1.82, 2.24) is 14.5 Å². The summed E-state index contributed by atoms with van der Waals surface area (Å²) >= 11 is 13.9. The van der Waals surface area contributed by atoms with Gasteiger partial charge in [0.15, 0.2) is 0 Å². The number of pyridine rings is 1. The number of aliphatic carboxylic acids is 1. The van der Waals surface area contributed by atoms with E-state index in [1.54, 1.807) is 0 Å². The zero-order valence-corrected chi connectivity index (χ0v) is 22.9. The van der Waals surface area contributed by atoms with Crippen LogP contribution in [0.3, 0.4) is 0 Å². The summed E-state index contributed by atoms with van der Waals surface area (Å²) < 4.78 is 3.97. The van der Waals surface area contributed by atoms with E-state index < -0.39 is 5.97 Å². The van der Waals surface area contributed by atoms with Gasteiger partial charge in [-0.05, 0) is 47.0 Å². The Bertz CT molecular complexity index is 1710. The van der Waals surface area contributed by atoms with Gasteiger partial charge in [-0.25, -0.2) is 4.98 Å². The zero-order valence-electron chi connectivity index (χ0n) is 20.5. The number of hydrogen-bond donors (Lipinski definition) is 1. The molecule has 4 heterocycles. The van der Waals surface area contributed by atoms with Crippen LogP contribution >= 0.6 is 34.5 Å². The molecule has 0 radical (unpaired) electrons. The van der Waals surface area contributed by atoms with Gasteiger partial charge in [0.1, 0.15) is 9.85 Å². The molecular formula is C30H25Cl2N3O2S. The van der Waals surface area contributed by atoms with Crippen LogP contribution in [0, 0.1) is 0 Å². The van der Waals surface area contributed by atoms with Crippen LogP contribution in [0.5, 0.6) is 0 Å².